The summed E-state index contributed by atoms with van der Waals surface area (Å²) in [6, 6.07) is 1.98. The van der Waals surface area contributed by atoms with Crippen molar-refractivity contribution in [1.29, 1.82) is 0 Å². The van der Waals surface area contributed by atoms with Crippen molar-refractivity contribution < 1.29 is 14.6 Å². The van der Waals surface area contributed by atoms with Gasteiger partial charge in [0, 0.05) is 40.0 Å². The predicted molar refractivity (Wildman–Crippen MR) is 65.1 cm³/mol. The number of nitrogens with zero attached hydrogens (tertiary/aromatic N) is 3. The molecule has 0 radical (unpaired) electrons. The smallest absolute Gasteiger partial charge is 0.336 e. The first-order valence-electron chi connectivity index (χ1n) is 6.05. The Morgan fingerprint density at radius 1 is 1.56 bits per heavy atom. The Hall–Kier alpha value is -1.40. The number of rotatable bonds is 4. The van der Waals surface area contributed by atoms with Crippen LogP contribution >= 0.6 is 0 Å². The van der Waals surface area contributed by atoms with Crippen molar-refractivity contribution in [2.45, 2.75) is 25.0 Å². The Bertz CT molecular complexity index is 422. The minimum absolute atomic E-state index is 0.524. The fourth-order valence-electron chi connectivity index (χ4n) is 2.36. The first kappa shape index (κ1) is 13.0. The van der Waals surface area contributed by atoms with Gasteiger partial charge in [0.15, 0.2) is 5.60 Å². The second-order valence-electron chi connectivity index (χ2n) is 4.73. The summed E-state index contributed by atoms with van der Waals surface area (Å²) in [6.07, 6.45) is 2.82. The molecule has 0 spiro atoms. The normalized spacial score (nSPS) is 19.9. The Balaban J connectivity index is 1.94. The van der Waals surface area contributed by atoms with Gasteiger partial charge in [-0.1, -0.05) is 0 Å². The molecule has 2 rings (SSSR count). The van der Waals surface area contributed by atoms with Crippen LogP contribution in [0.5, 0.6) is 0 Å². The number of methoxy groups -OCH3 is 1. The van der Waals surface area contributed by atoms with Crippen LogP contribution in [0.4, 0.5) is 0 Å². The molecular formula is C12H19N3O3. The molecule has 0 amide bonds. The molecule has 6 nitrogen and oxygen atoms in total. The number of aliphatic carboxylic acids is 1. The lowest BCUT2D eigenvalue weighted by molar-refractivity contribution is -0.168. The Labute approximate surface area is 106 Å². The van der Waals surface area contributed by atoms with Crippen LogP contribution in [-0.2, 0) is 23.1 Å². The second-order valence-corrected chi connectivity index (χ2v) is 4.73. The van der Waals surface area contributed by atoms with Crippen molar-refractivity contribution >= 4 is 5.97 Å². The molecule has 1 aliphatic rings. The summed E-state index contributed by atoms with van der Waals surface area (Å²) < 4.78 is 7.05. The maximum Gasteiger partial charge on any atom is 0.336 e. The van der Waals surface area contributed by atoms with Gasteiger partial charge in [-0.2, -0.15) is 5.10 Å². The second kappa shape index (κ2) is 5.07. The Morgan fingerprint density at radius 2 is 2.22 bits per heavy atom. The van der Waals surface area contributed by atoms with Gasteiger partial charge in [0.05, 0.1) is 5.69 Å². The third kappa shape index (κ3) is 2.39. The number of aryl methyl sites for hydroxylation is 1. The van der Waals surface area contributed by atoms with Gasteiger partial charge in [0.2, 0.25) is 0 Å². The zero-order valence-electron chi connectivity index (χ0n) is 10.8. The lowest BCUT2D eigenvalue weighted by atomic mass is 9.91. The molecule has 0 aromatic carbocycles. The number of carbonyl (C=O) groups is 1. The van der Waals surface area contributed by atoms with Gasteiger partial charge in [-0.05, 0) is 18.9 Å². The van der Waals surface area contributed by atoms with Gasteiger partial charge in [-0.3, -0.25) is 9.58 Å². The zero-order chi connectivity index (χ0) is 13.2. The van der Waals surface area contributed by atoms with Gasteiger partial charge in [-0.25, -0.2) is 4.79 Å². The maximum absolute atomic E-state index is 11.2. The highest BCUT2D eigenvalue weighted by Gasteiger charge is 2.41. The number of carboxylic acid groups (broad SMARTS) is 1. The molecule has 1 aromatic rings. The molecule has 1 aromatic heterocycles. The zero-order valence-corrected chi connectivity index (χ0v) is 10.8. The lowest BCUT2D eigenvalue weighted by Gasteiger charge is -2.37. The molecule has 1 N–H and O–H groups in total. The Kier molecular flexibility index (Phi) is 3.68. The number of aromatic nitrogens is 2. The molecule has 0 aliphatic carbocycles. The predicted octanol–water partition coefficient (Wildman–Crippen LogP) is 0.486. The quantitative estimate of drug-likeness (QED) is 0.845. The van der Waals surface area contributed by atoms with Crippen molar-refractivity contribution in [3.63, 3.8) is 0 Å². The van der Waals surface area contributed by atoms with E-state index in [0.29, 0.717) is 12.8 Å². The highest BCUT2D eigenvalue weighted by Crippen LogP contribution is 2.26. The number of hydrogen-bond acceptors (Lipinski definition) is 4. The van der Waals surface area contributed by atoms with E-state index in [2.05, 4.69) is 10.00 Å². The van der Waals surface area contributed by atoms with Crippen LogP contribution < -0.4 is 0 Å². The topological polar surface area (TPSA) is 67.6 Å². The molecule has 2 heterocycles. The van der Waals surface area contributed by atoms with Gasteiger partial charge in [-0.15, -0.1) is 0 Å². The van der Waals surface area contributed by atoms with Crippen LogP contribution in [0.15, 0.2) is 12.3 Å². The molecule has 6 heteroatoms. The molecule has 1 aliphatic heterocycles. The third-order valence-electron chi connectivity index (χ3n) is 3.75. The molecule has 1 saturated heterocycles. The van der Waals surface area contributed by atoms with Crippen LogP contribution in [0.3, 0.4) is 0 Å². The van der Waals surface area contributed by atoms with Crippen molar-refractivity contribution in [1.82, 2.24) is 14.7 Å². The van der Waals surface area contributed by atoms with E-state index in [1.54, 1.807) is 6.20 Å². The summed E-state index contributed by atoms with van der Waals surface area (Å²) in [6.45, 7) is 2.26. The van der Waals surface area contributed by atoms with Crippen molar-refractivity contribution in [3.05, 3.63) is 18.0 Å². The number of hydrogen-bond donors (Lipinski definition) is 1. The van der Waals surface area contributed by atoms with Gasteiger partial charge in [0.1, 0.15) is 0 Å². The standard InChI is InChI=1S/C12H19N3O3/c1-14-10(3-6-13-14)9-15-7-4-12(18-2,5-8-15)11(16)17/h3,6H,4-5,7-9H2,1-2H3,(H,16,17). The highest BCUT2D eigenvalue weighted by molar-refractivity contribution is 5.77. The van der Waals surface area contributed by atoms with E-state index in [9.17, 15) is 9.90 Å². The molecular weight excluding hydrogens is 234 g/mol. The Morgan fingerprint density at radius 3 is 2.67 bits per heavy atom. The fraction of sp³-hybridized carbons (Fsp3) is 0.667. The van der Waals surface area contributed by atoms with Crippen LogP contribution in [0.2, 0.25) is 0 Å². The average molecular weight is 253 g/mol. The summed E-state index contributed by atoms with van der Waals surface area (Å²) in [5, 5.41) is 13.3. The van der Waals surface area contributed by atoms with Gasteiger partial charge in [0.25, 0.3) is 0 Å². The van der Waals surface area contributed by atoms with Crippen LogP contribution in [0, 0.1) is 0 Å². The van der Waals surface area contributed by atoms with Crippen molar-refractivity contribution in [3.8, 4) is 0 Å². The fourth-order valence-corrected chi connectivity index (χ4v) is 2.36. The summed E-state index contributed by atoms with van der Waals surface area (Å²) in [5.74, 6) is -0.856. The van der Waals surface area contributed by atoms with E-state index in [1.807, 2.05) is 17.8 Å². The van der Waals surface area contributed by atoms with E-state index in [0.717, 1.165) is 25.3 Å². The average Bonchev–Trinajstić information content (AvgIpc) is 2.76. The number of ether oxygens (including phenoxy) is 1. The van der Waals surface area contributed by atoms with Crippen LogP contribution in [0.1, 0.15) is 18.5 Å². The van der Waals surface area contributed by atoms with E-state index in [4.69, 9.17) is 4.74 Å². The molecule has 1 fully saturated rings. The van der Waals surface area contributed by atoms with E-state index in [-0.39, 0.29) is 0 Å². The molecule has 0 unspecified atom stereocenters. The van der Waals surface area contributed by atoms with E-state index >= 15 is 0 Å². The summed E-state index contributed by atoms with van der Waals surface area (Å²) in [4.78, 5) is 13.5. The molecule has 0 bridgehead atoms. The largest absolute Gasteiger partial charge is 0.479 e. The first-order chi connectivity index (χ1) is 8.57. The summed E-state index contributed by atoms with van der Waals surface area (Å²) >= 11 is 0. The van der Waals surface area contributed by atoms with Gasteiger partial charge >= 0.3 is 5.97 Å². The van der Waals surface area contributed by atoms with E-state index in [1.165, 1.54) is 7.11 Å². The molecule has 0 saturated carbocycles. The minimum Gasteiger partial charge on any atom is -0.479 e. The van der Waals surface area contributed by atoms with Gasteiger partial charge < -0.3 is 9.84 Å². The number of piperidine rings is 1. The summed E-state index contributed by atoms with van der Waals surface area (Å²) in [7, 11) is 3.39. The molecule has 18 heavy (non-hydrogen) atoms. The van der Waals surface area contributed by atoms with Crippen molar-refractivity contribution in [2.75, 3.05) is 20.2 Å². The monoisotopic (exact) mass is 253 g/mol. The minimum atomic E-state index is -0.997. The highest BCUT2D eigenvalue weighted by atomic mass is 16.5. The molecule has 100 valence electrons. The van der Waals surface area contributed by atoms with Crippen LogP contribution in [-0.4, -0.2) is 51.6 Å². The number of carboxylic acids is 1. The lowest BCUT2D eigenvalue weighted by Crippen LogP contribution is -2.50. The SMILES string of the molecule is COC1(C(=O)O)CCN(Cc2ccnn2C)CC1. The first-order valence-corrected chi connectivity index (χ1v) is 6.05. The molecule has 0 atom stereocenters. The van der Waals surface area contributed by atoms with Crippen molar-refractivity contribution in [2.24, 2.45) is 7.05 Å². The van der Waals surface area contributed by atoms with Crippen LogP contribution in [0.25, 0.3) is 0 Å². The summed E-state index contributed by atoms with van der Waals surface area (Å²) in [5.41, 5.74) is 0.137. The maximum atomic E-state index is 11.2. The third-order valence-corrected chi connectivity index (χ3v) is 3.75. The van der Waals surface area contributed by atoms with E-state index < -0.39 is 11.6 Å². The number of likely N-dealkylation sites (tertiary alicyclic amines) is 1.